The van der Waals surface area contributed by atoms with Gasteiger partial charge in [-0.15, -0.1) is 24.0 Å². The molecule has 0 spiro atoms. The lowest BCUT2D eigenvalue weighted by Gasteiger charge is -2.14. The Balaban J connectivity index is 0.00000324. The van der Waals surface area contributed by atoms with E-state index in [9.17, 15) is 0 Å². The van der Waals surface area contributed by atoms with E-state index >= 15 is 0 Å². The van der Waals surface area contributed by atoms with Gasteiger partial charge in [-0.2, -0.15) is 0 Å². The van der Waals surface area contributed by atoms with Gasteiger partial charge in [0.25, 0.3) is 0 Å². The number of hydrogen-bond donors (Lipinski definition) is 2. The lowest BCUT2D eigenvalue weighted by molar-refractivity contribution is 0.355. The Morgan fingerprint density at radius 1 is 0.941 bits per heavy atom. The first-order valence-corrected chi connectivity index (χ1v) is 10.9. The molecule has 0 unspecified atom stereocenters. The summed E-state index contributed by atoms with van der Waals surface area (Å²) in [6, 6.07) is 22.4. The van der Waals surface area contributed by atoms with E-state index in [2.05, 4.69) is 50.5 Å². The van der Waals surface area contributed by atoms with Crippen LogP contribution in [0.15, 0.2) is 78.0 Å². The highest BCUT2D eigenvalue weighted by Crippen LogP contribution is 2.29. The Hall–Kier alpha value is -3.27. The highest BCUT2D eigenvalue weighted by atomic mass is 127. The van der Waals surface area contributed by atoms with E-state index in [0.717, 1.165) is 35.4 Å². The zero-order chi connectivity index (χ0) is 23.0. The normalized spacial score (nSPS) is 11.1. The molecule has 0 saturated heterocycles. The summed E-state index contributed by atoms with van der Waals surface area (Å²) >= 11 is 0. The summed E-state index contributed by atoms with van der Waals surface area (Å²) in [5.74, 6) is 2.06. The van der Waals surface area contributed by atoms with Crippen LogP contribution >= 0.6 is 24.0 Å². The highest BCUT2D eigenvalue weighted by molar-refractivity contribution is 14.0. The first-order valence-electron chi connectivity index (χ1n) is 10.9. The molecule has 0 amide bonds. The second kappa shape index (κ2) is 12.3. The van der Waals surface area contributed by atoms with Crippen LogP contribution in [0.1, 0.15) is 18.1 Å². The Bertz CT molecular complexity index is 1240. The highest BCUT2D eigenvalue weighted by Gasteiger charge is 2.07. The second-order valence-corrected chi connectivity index (χ2v) is 7.57. The van der Waals surface area contributed by atoms with Gasteiger partial charge in [-0.25, -0.2) is 9.98 Å². The van der Waals surface area contributed by atoms with Crippen molar-refractivity contribution >= 4 is 46.7 Å². The quantitative estimate of drug-likeness (QED) is 0.171. The molecule has 0 aliphatic heterocycles. The minimum Gasteiger partial charge on any atom is -0.493 e. The standard InChI is InChI=1S/C26H29N5O2.HI/c1-4-27-26(30-21-13-14-24(32-2)25(15-21)33-3)28-16-19-9-11-20(12-10-19)17-31-18-29-22-7-5-6-8-23(22)31;/h5-15,18H,4,16-17H2,1-3H3,(H2,27,28,30);1H. The van der Waals surface area contributed by atoms with Crippen molar-refractivity contribution in [2.75, 3.05) is 26.1 Å². The number of rotatable bonds is 8. The number of imidazole rings is 1. The monoisotopic (exact) mass is 571 g/mol. The first-order chi connectivity index (χ1) is 16.2. The number of nitrogens with one attached hydrogen (secondary N) is 2. The van der Waals surface area contributed by atoms with Crippen LogP contribution < -0.4 is 20.1 Å². The molecule has 0 fully saturated rings. The summed E-state index contributed by atoms with van der Waals surface area (Å²) in [4.78, 5) is 9.20. The van der Waals surface area contributed by atoms with Crippen molar-refractivity contribution < 1.29 is 9.47 Å². The Kier molecular flexibility index (Phi) is 9.15. The smallest absolute Gasteiger partial charge is 0.196 e. The topological polar surface area (TPSA) is 72.7 Å². The van der Waals surface area contributed by atoms with Gasteiger partial charge in [0.1, 0.15) is 0 Å². The number of hydrogen-bond acceptors (Lipinski definition) is 4. The fraction of sp³-hybridized carbons (Fsp3) is 0.231. The van der Waals surface area contributed by atoms with Gasteiger partial charge in [-0.3, -0.25) is 0 Å². The van der Waals surface area contributed by atoms with Crippen LogP contribution in [0.25, 0.3) is 11.0 Å². The summed E-state index contributed by atoms with van der Waals surface area (Å²) in [5, 5.41) is 6.61. The van der Waals surface area contributed by atoms with Crippen LogP contribution in [0.2, 0.25) is 0 Å². The molecule has 7 nitrogen and oxygen atoms in total. The summed E-state index contributed by atoms with van der Waals surface area (Å²) < 4.78 is 12.9. The SMILES string of the molecule is CCNC(=NCc1ccc(Cn2cnc3ccccc32)cc1)Nc1ccc(OC)c(OC)c1.I. The lowest BCUT2D eigenvalue weighted by Crippen LogP contribution is -2.30. The zero-order valence-corrected chi connectivity index (χ0v) is 21.9. The Morgan fingerprint density at radius 3 is 2.41 bits per heavy atom. The molecule has 0 bridgehead atoms. The van der Waals surface area contributed by atoms with Gasteiger partial charge in [0, 0.05) is 24.8 Å². The molecular weight excluding hydrogens is 541 g/mol. The largest absolute Gasteiger partial charge is 0.493 e. The van der Waals surface area contributed by atoms with Crippen LogP contribution in [0.3, 0.4) is 0 Å². The van der Waals surface area contributed by atoms with Crippen molar-refractivity contribution in [1.29, 1.82) is 0 Å². The van der Waals surface area contributed by atoms with Gasteiger partial charge in [0.2, 0.25) is 0 Å². The average Bonchev–Trinajstić information content (AvgIpc) is 3.26. The third-order valence-electron chi connectivity index (χ3n) is 5.31. The van der Waals surface area contributed by atoms with E-state index < -0.39 is 0 Å². The van der Waals surface area contributed by atoms with Crippen LogP contribution in [0.4, 0.5) is 5.69 Å². The third-order valence-corrected chi connectivity index (χ3v) is 5.31. The number of ether oxygens (including phenoxy) is 2. The number of halogens is 1. The van der Waals surface area contributed by atoms with E-state index in [1.807, 2.05) is 49.6 Å². The number of aromatic nitrogens is 2. The number of nitrogens with zero attached hydrogens (tertiary/aromatic N) is 3. The molecule has 4 rings (SSSR count). The lowest BCUT2D eigenvalue weighted by atomic mass is 10.1. The predicted molar refractivity (Wildman–Crippen MR) is 149 cm³/mol. The third kappa shape index (κ3) is 6.19. The average molecular weight is 571 g/mol. The molecule has 4 aromatic rings. The van der Waals surface area contributed by atoms with Crippen molar-refractivity contribution in [2.24, 2.45) is 4.99 Å². The van der Waals surface area contributed by atoms with Crippen molar-refractivity contribution in [3.05, 3.63) is 84.2 Å². The summed E-state index contributed by atoms with van der Waals surface area (Å²) in [5.41, 5.74) is 5.39. The number of methoxy groups -OCH3 is 2. The van der Waals surface area contributed by atoms with E-state index in [1.165, 1.54) is 5.56 Å². The van der Waals surface area contributed by atoms with Gasteiger partial charge in [0.15, 0.2) is 17.5 Å². The van der Waals surface area contributed by atoms with E-state index in [1.54, 1.807) is 14.2 Å². The molecule has 0 atom stereocenters. The van der Waals surface area contributed by atoms with E-state index in [-0.39, 0.29) is 24.0 Å². The number of guanidine groups is 1. The molecule has 0 radical (unpaired) electrons. The van der Waals surface area contributed by atoms with Crippen molar-refractivity contribution in [1.82, 2.24) is 14.9 Å². The van der Waals surface area contributed by atoms with Crippen LogP contribution in [0.5, 0.6) is 11.5 Å². The summed E-state index contributed by atoms with van der Waals surface area (Å²) in [7, 11) is 3.25. The van der Waals surface area contributed by atoms with E-state index in [4.69, 9.17) is 14.5 Å². The van der Waals surface area contributed by atoms with Gasteiger partial charge in [0.05, 0.1) is 38.1 Å². The minimum absolute atomic E-state index is 0. The molecular formula is C26H30IN5O2. The Morgan fingerprint density at radius 2 is 1.68 bits per heavy atom. The molecule has 3 aromatic carbocycles. The molecule has 178 valence electrons. The minimum atomic E-state index is 0. The number of para-hydroxylation sites is 2. The van der Waals surface area contributed by atoms with Crippen molar-refractivity contribution in [2.45, 2.75) is 20.0 Å². The predicted octanol–water partition coefficient (Wildman–Crippen LogP) is 5.30. The number of aliphatic imine (C=N–C) groups is 1. The van der Waals surface area contributed by atoms with Gasteiger partial charge in [-0.05, 0) is 42.3 Å². The summed E-state index contributed by atoms with van der Waals surface area (Å²) in [6.07, 6.45) is 1.89. The zero-order valence-electron chi connectivity index (χ0n) is 19.6. The van der Waals surface area contributed by atoms with Crippen LogP contribution in [-0.4, -0.2) is 36.3 Å². The summed E-state index contributed by atoms with van der Waals surface area (Å²) in [6.45, 7) is 4.15. The second-order valence-electron chi connectivity index (χ2n) is 7.57. The molecule has 34 heavy (non-hydrogen) atoms. The number of fused-ring (bicyclic) bond motifs is 1. The fourth-order valence-corrected chi connectivity index (χ4v) is 3.61. The molecule has 0 aliphatic rings. The number of anilines is 1. The fourth-order valence-electron chi connectivity index (χ4n) is 3.61. The molecule has 1 aromatic heterocycles. The van der Waals surface area contributed by atoms with Crippen molar-refractivity contribution in [3.63, 3.8) is 0 Å². The van der Waals surface area contributed by atoms with Crippen molar-refractivity contribution in [3.8, 4) is 11.5 Å². The maximum Gasteiger partial charge on any atom is 0.196 e. The Labute approximate surface area is 217 Å². The van der Waals surface area contributed by atoms with Gasteiger partial charge < -0.3 is 24.7 Å². The van der Waals surface area contributed by atoms with Gasteiger partial charge in [-0.1, -0.05) is 36.4 Å². The number of benzene rings is 3. The molecule has 0 aliphatic carbocycles. The molecule has 1 heterocycles. The van der Waals surface area contributed by atoms with Gasteiger partial charge >= 0.3 is 0 Å². The van der Waals surface area contributed by atoms with E-state index in [0.29, 0.717) is 24.0 Å². The van der Waals surface area contributed by atoms with Crippen LogP contribution in [0, 0.1) is 0 Å². The first kappa shape index (κ1) is 25.4. The van der Waals surface area contributed by atoms with Crippen LogP contribution in [-0.2, 0) is 13.1 Å². The molecule has 2 N–H and O–H groups in total. The molecule has 0 saturated carbocycles. The maximum absolute atomic E-state index is 5.39. The maximum atomic E-state index is 5.39. The molecule has 8 heteroatoms.